The molecular formula is C17H28N2O2S. The highest BCUT2D eigenvalue weighted by molar-refractivity contribution is 7.86. The SMILES string of the molecule is CC[C@@H](Cc1ccccc1)NC(=O)NCC[S@@](=O)C(C)(C)C. The summed E-state index contributed by atoms with van der Waals surface area (Å²) in [6.07, 6.45) is 1.69. The molecule has 0 saturated carbocycles. The topological polar surface area (TPSA) is 58.2 Å². The fraction of sp³-hybridized carbons (Fsp3) is 0.588. The summed E-state index contributed by atoms with van der Waals surface area (Å²) in [6, 6.07) is 10.0. The normalized spacial score (nSPS) is 14.2. The molecule has 0 spiro atoms. The summed E-state index contributed by atoms with van der Waals surface area (Å²) in [7, 11) is -0.942. The predicted molar refractivity (Wildman–Crippen MR) is 93.5 cm³/mol. The summed E-state index contributed by atoms with van der Waals surface area (Å²) in [6.45, 7) is 8.31. The average Bonchev–Trinajstić information content (AvgIpc) is 2.46. The number of rotatable bonds is 7. The van der Waals surface area contributed by atoms with Gasteiger partial charge in [0, 0.05) is 33.9 Å². The highest BCUT2D eigenvalue weighted by Gasteiger charge is 2.19. The largest absolute Gasteiger partial charge is 0.337 e. The van der Waals surface area contributed by atoms with Gasteiger partial charge in [-0.2, -0.15) is 0 Å². The van der Waals surface area contributed by atoms with Gasteiger partial charge >= 0.3 is 6.03 Å². The Morgan fingerprint density at radius 2 is 1.86 bits per heavy atom. The molecule has 0 aromatic heterocycles. The Balaban J connectivity index is 2.35. The number of hydrogen-bond donors (Lipinski definition) is 2. The van der Waals surface area contributed by atoms with Gasteiger partial charge in [-0.05, 0) is 39.2 Å². The molecule has 2 amide bonds. The fourth-order valence-electron chi connectivity index (χ4n) is 2.00. The molecule has 2 N–H and O–H groups in total. The van der Waals surface area contributed by atoms with Crippen LogP contribution in [0.3, 0.4) is 0 Å². The van der Waals surface area contributed by atoms with Crippen LogP contribution in [0.25, 0.3) is 0 Å². The molecule has 1 aromatic rings. The number of benzene rings is 1. The Labute approximate surface area is 136 Å². The van der Waals surface area contributed by atoms with E-state index < -0.39 is 10.8 Å². The van der Waals surface area contributed by atoms with Crippen LogP contribution in [0.1, 0.15) is 39.7 Å². The Kier molecular flexibility index (Phi) is 7.59. The summed E-state index contributed by atoms with van der Waals surface area (Å²) < 4.78 is 11.7. The lowest BCUT2D eigenvalue weighted by atomic mass is 10.0. The van der Waals surface area contributed by atoms with Crippen molar-refractivity contribution in [3.8, 4) is 0 Å². The van der Waals surface area contributed by atoms with Gasteiger partial charge in [-0.3, -0.25) is 4.21 Å². The molecule has 0 heterocycles. The molecule has 1 rings (SSSR count). The van der Waals surface area contributed by atoms with Crippen molar-refractivity contribution in [1.82, 2.24) is 10.6 Å². The van der Waals surface area contributed by atoms with Gasteiger partial charge in [0.25, 0.3) is 0 Å². The lowest BCUT2D eigenvalue weighted by Crippen LogP contribution is -2.44. The third kappa shape index (κ3) is 7.07. The summed E-state index contributed by atoms with van der Waals surface area (Å²) in [5, 5.41) is 5.77. The highest BCUT2D eigenvalue weighted by Crippen LogP contribution is 2.10. The predicted octanol–water partition coefficient (Wildman–Crippen LogP) is 2.85. The number of hydrogen-bond acceptors (Lipinski definition) is 2. The quantitative estimate of drug-likeness (QED) is 0.810. The smallest absolute Gasteiger partial charge is 0.315 e. The molecule has 0 aliphatic rings. The first-order valence-corrected chi connectivity index (χ1v) is 9.11. The maximum absolute atomic E-state index is 11.9. The maximum Gasteiger partial charge on any atom is 0.315 e. The summed E-state index contributed by atoms with van der Waals surface area (Å²) in [4.78, 5) is 11.9. The first-order valence-electron chi connectivity index (χ1n) is 7.79. The molecule has 1 aromatic carbocycles. The van der Waals surface area contributed by atoms with Crippen molar-refractivity contribution in [1.29, 1.82) is 0 Å². The number of nitrogens with one attached hydrogen (secondary N) is 2. The van der Waals surface area contributed by atoms with E-state index in [4.69, 9.17) is 0 Å². The van der Waals surface area contributed by atoms with Crippen LogP contribution in [0, 0.1) is 0 Å². The molecule has 5 heteroatoms. The molecular weight excluding hydrogens is 296 g/mol. The van der Waals surface area contributed by atoms with Gasteiger partial charge in [-0.25, -0.2) is 4.79 Å². The van der Waals surface area contributed by atoms with Crippen molar-refractivity contribution in [3.05, 3.63) is 35.9 Å². The van der Waals surface area contributed by atoms with Crippen molar-refractivity contribution in [2.75, 3.05) is 12.3 Å². The summed E-state index contributed by atoms with van der Waals surface area (Å²) in [5.74, 6) is 0.479. The van der Waals surface area contributed by atoms with E-state index in [1.807, 2.05) is 39.0 Å². The second-order valence-corrected chi connectivity index (χ2v) is 8.68. The molecule has 0 radical (unpaired) electrons. The standard InChI is InChI=1S/C17H28N2O2S/c1-5-15(13-14-9-7-6-8-10-14)19-16(20)18-11-12-22(21)17(2,3)4/h6-10,15H,5,11-13H2,1-4H3,(H2,18,19,20)/t15-,22+/m0/s1. The van der Waals surface area contributed by atoms with Crippen LogP contribution >= 0.6 is 0 Å². The van der Waals surface area contributed by atoms with Crippen molar-refractivity contribution in [2.24, 2.45) is 0 Å². The zero-order chi connectivity index (χ0) is 16.6. The van der Waals surface area contributed by atoms with E-state index in [9.17, 15) is 9.00 Å². The Morgan fingerprint density at radius 3 is 2.41 bits per heavy atom. The van der Waals surface area contributed by atoms with Crippen LogP contribution in [-0.2, 0) is 17.2 Å². The summed E-state index contributed by atoms with van der Waals surface area (Å²) in [5.41, 5.74) is 1.21. The van der Waals surface area contributed by atoms with Gasteiger partial charge in [0.05, 0.1) is 0 Å². The van der Waals surface area contributed by atoms with E-state index in [0.29, 0.717) is 12.3 Å². The Morgan fingerprint density at radius 1 is 1.23 bits per heavy atom. The van der Waals surface area contributed by atoms with Crippen molar-refractivity contribution < 1.29 is 9.00 Å². The molecule has 2 atom stereocenters. The maximum atomic E-state index is 11.9. The van der Waals surface area contributed by atoms with E-state index in [1.165, 1.54) is 5.56 Å². The van der Waals surface area contributed by atoms with E-state index in [1.54, 1.807) is 0 Å². The number of urea groups is 1. The summed E-state index contributed by atoms with van der Waals surface area (Å²) >= 11 is 0. The minimum atomic E-state index is -0.942. The van der Waals surface area contributed by atoms with Gasteiger partial charge in [-0.15, -0.1) is 0 Å². The van der Waals surface area contributed by atoms with E-state index >= 15 is 0 Å². The minimum absolute atomic E-state index is 0.107. The minimum Gasteiger partial charge on any atom is -0.337 e. The van der Waals surface area contributed by atoms with Crippen molar-refractivity contribution in [3.63, 3.8) is 0 Å². The zero-order valence-electron chi connectivity index (χ0n) is 14.0. The van der Waals surface area contributed by atoms with Crippen LogP contribution in [0.15, 0.2) is 30.3 Å². The molecule has 22 heavy (non-hydrogen) atoms. The van der Waals surface area contributed by atoms with Crippen LogP contribution in [0.5, 0.6) is 0 Å². The molecule has 0 unspecified atom stereocenters. The molecule has 124 valence electrons. The fourth-order valence-corrected chi connectivity index (χ4v) is 2.90. The van der Waals surface area contributed by atoms with Gasteiger partial charge in [0.15, 0.2) is 0 Å². The van der Waals surface area contributed by atoms with Crippen molar-refractivity contribution >= 4 is 16.8 Å². The molecule has 0 aliphatic heterocycles. The van der Waals surface area contributed by atoms with Gasteiger partial charge in [-0.1, -0.05) is 37.3 Å². The molecule has 4 nitrogen and oxygen atoms in total. The third-order valence-corrected chi connectivity index (χ3v) is 5.35. The monoisotopic (exact) mass is 324 g/mol. The van der Waals surface area contributed by atoms with Gasteiger partial charge < -0.3 is 10.6 Å². The lowest BCUT2D eigenvalue weighted by molar-refractivity contribution is 0.237. The lowest BCUT2D eigenvalue weighted by Gasteiger charge is -2.19. The molecule has 0 fully saturated rings. The van der Waals surface area contributed by atoms with E-state index in [-0.39, 0.29) is 16.8 Å². The highest BCUT2D eigenvalue weighted by atomic mass is 32.2. The molecule has 0 aliphatic carbocycles. The van der Waals surface area contributed by atoms with E-state index in [2.05, 4.69) is 29.7 Å². The van der Waals surface area contributed by atoms with Gasteiger partial charge in [0.1, 0.15) is 0 Å². The Bertz CT molecular complexity index is 483. The molecule has 0 saturated heterocycles. The number of amides is 2. The average molecular weight is 324 g/mol. The van der Waals surface area contributed by atoms with E-state index in [0.717, 1.165) is 12.8 Å². The number of carbonyl (C=O) groups excluding carboxylic acids is 1. The van der Waals surface area contributed by atoms with Crippen LogP contribution < -0.4 is 10.6 Å². The first kappa shape index (κ1) is 18.7. The second kappa shape index (κ2) is 8.93. The second-order valence-electron chi connectivity index (χ2n) is 6.36. The van der Waals surface area contributed by atoms with Crippen LogP contribution in [0.2, 0.25) is 0 Å². The Hall–Kier alpha value is -1.36. The molecule has 0 bridgehead atoms. The first-order chi connectivity index (χ1) is 10.3. The van der Waals surface area contributed by atoms with Gasteiger partial charge in [0.2, 0.25) is 0 Å². The van der Waals surface area contributed by atoms with Crippen LogP contribution in [0.4, 0.5) is 4.79 Å². The third-order valence-electron chi connectivity index (χ3n) is 3.41. The van der Waals surface area contributed by atoms with Crippen molar-refractivity contribution in [2.45, 2.75) is 51.3 Å². The zero-order valence-corrected chi connectivity index (χ0v) is 14.8. The van der Waals surface area contributed by atoms with Crippen LogP contribution in [-0.4, -0.2) is 33.3 Å². The number of carbonyl (C=O) groups is 1.